The quantitative estimate of drug-likeness (QED) is 0.709. The van der Waals surface area contributed by atoms with Crippen molar-refractivity contribution in [2.24, 2.45) is 5.73 Å². The summed E-state index contributed by atoms with van der Waals surface area (Å²) in [5.41, 5.74) is 9.43. The van der Waals surface area contributed by atoms with E-state index in [2.05, 4.69) is 0 Å². The van der Waals surface area contributed by atoms with Crippen LogP contribution in [-0.4, -0.2) is 11.1 Å². The van der Waals surface area contributed by atoms with E-state index >= 15 is 0 Å². The third kappa shape index (κ3) is 1.21. The summed E-state index contributed by atoms with van der Waals surface area (Å²) in [5.74, 6) is -0.852. The zero-order valence-corrected chi connectivity index (χ0v) is 8.08. The average Bonchev–Trinajstić information content (AvgIpc) is 2.49. The lowest BCUT2D eigenvalue weighted by Crippen LogP contribution is -2.09. The van der Waals surface area contributed by atoms with Gasteiger partial charge in [-0.1, -0.05) is 6.07 Å². The summed E-state index contributed by atoms with van der Waals surface area (Å²) in [6.45, 7) is 1.98. The van der Waals surface area contributed by atoms with Gasteiger partial charge in [-0.3, -0.25) is 0 Å². The van der Waals surface area contributed by atoms with Crippen LogP contribution in [0.25, 0.3) is 0 Å². The summed E-state index contributed by atoms with van der Waals surface area (Å²) in [6.07, 6.45) is 1.65. The van der Waals surface area contributed by atoms with Gasteiger partial charge in [-0.2, -0.15) is 0 Å². The maximum Gasteiger partial charge on any atom is 0.335 e. The van der Waals surface area contributed by atoms with Crippen molar-refractivity contribution >= 4 is 5.97 Å². The summed E-state index contributed by atoms with van der Waals surface area (Å²) in [4.78, 5) is 10.9. The second-order valence-electron chi connectivity index (χ2n) is 3.77. The number of carbonyl (C=O) groups is 1. The van der Waals surface area contributed by atoms with Crippen molar-refractivity contribution in [3.63, 3.8) is 0 Å². The highest BCUT2D eigenvalue weighted by molar-refractivity contribution is 5.90. The molecule has 0 fully saturated rings. The van der Waals surface area contributed by atoms with Gasteiger partial charge in [0.05, 0.1) is 5.56 Å². The van der Waals surface area contributed by atoms with Crippen molar-refractivity contribution in [3.05, 3.63) is 34.4 Å². The van der Waals surface area contributed by atoms with Crippen LogP contribution >= 0.6 is 0 Å². The standard InChI is InChI=1S/C11H13NO2/c1-6-2-3-8(11(13)14)7-4-5-9(12)10(6)7/h2-3,9H,4-5,12H2,1H3,(H,13,14)/t9-/m1/s1. The maximum atomic E-state index is 10.9. The average molecular weight is 191 g/mol. The van der Waals surface area contributed by atoms with Crippen LogP contribution in [0.3, 0.4) is 0 Å². The number of hydrogen-bond donors (Lipinski definition) is 2. The molecule has 1 atom stereocenters. The Labute approximate surface area is 82.5 Å². The number of nitrogens with two attached hydrogens (primary N) is 1. The lowest BCUT2D eigenvalue weighted by Gasteiger charge is -2.10. The molecule has 14 heavy (non-hydrogen) atoms. The van der Waals surface area contributed by atoms with Crippen LogP contribution in [0.2, 0.25) is 0 Å². The summed E-state index contributed by atoms with van der Waals surface area (Å²) in [6, 6.07) is 3.53. The molecule has 0 spiro atoms. The zero-order chi connectivity index (χ0) is 10.3. The SMILES string of the molecule is Cc1ccc(C(=O)O)c2c1[C@H](N)CC2. The van der Waals surface area contributed by atoms with Crippen LogP contribution in [-0.2, 0) is 6.42 Å². The van der Waals surface area contributed by atoms with Crippen LogP contribution in [0.15, 0.2) is 12.1 Å². The van der Waals surface area contributed by atoms with Gasteiger partial charge in [0, 0.05) is 6.04 Å². The largest absolute Gasteiger partial charge is 0.478 e. The number of aromatic carboxylic acids is 1. The highest BCUT2D eigenvalue weighted by Crippen LogP contribution is 2.34. The molecule has 74 valence electrons. The highest BCUT2D eigenvalue weighted by atomic mass is 16.4. The smallest absolute Gasteiger partial charge is 0.335 e. The van der Waals surface area contributed by atoms with E-state index in [9.17, 15) is 4.79 Å². The summed E-state index contributed by atoms with van der Waals surface area (Å²) < 4.78 is 0. The Hall–Kier alpha value is -1.35. The number of hydrogen-bond acceptors (Lipinski definition) is 2. The predicted octanol–water partition coefficient (Wildman–Crippen LogP) is 1.64. The number of fused-ring (bicyclic) bond motifs is 1. The summed E-state index contributed by atoms with van der Waals surface area (Å²) in [5, 5.41) is 8.99. The molecule has 0 aliphatic heterocycles. The first-order valence-corrected chi connectivity index (χ1v) is 4.72. The summed E-state index contributed by atoms with van der Waals surface area (Å²) in [7, 11) is 0. The Morgan fingerprint density at radius 2 is 2.29 bits per heavy atom. The molecular formula is C11H13NO2. The van der Waals surface area contributed by atoms with E-state index in [4.69, 9.17) is 10.8 Å². The van der Waals surface area contributed by atoms with E-state index in [0.29, 0.717) is 5.56 Å². The molecule has 3 nitrogen and oxygen atoms in total. The van der Waals surface area contributed by atoms with Gasteiger partial charge in [-0.25, -0.2) is 4.79 Å². The molecule has 0 radical (unpaired) electrons. The van der Waals surface area contributed by atoms with Crippen molar-refractivity contribution in [2.75, 3.05) is 0 Å². The van der Waals surface area contributed by atoms with Gasteiger partial charge in [0.1, 0.15) is 0 Å². The number of carboxylic acid groups (broad SMARTS) is 1. The van der Waals surface area contributed by atoms with Gasteiger partial charge in [0.2, 0.25) is 0 Å². The van der Waals surface area contributed by atoms with Crippen molar-refractivity contribution in [1.82, 2.24) is 0 Å². The minimum absolute atomic E-state index is 0.0179. The van der Waals surface area contributed by atoms with Crippen molar-refractivity contribution < 1.29 is 9.90 Å². The van der Waals surface area contributed by atoms with Crippen molar-refractivity contribution in [2.45, 2.75) is 25.8 Å². The van der Waals surface area contributed by atoms with E-state index in [1.165, 1.54) is 0 Å². The molecule has 0 saturated carbocycles. The Balaban J connectivity index is 2.64. The molecule has 1 aromatic carbocycles. The van der Waals surface area contributed by atoms with Gasteiger partial charge < -0.3 is 10.8 Å². The number of rotatable bonds is 1. The molecular weight excluding hydrogens is 178 g/mol. The molecule has 1 aromatic rings. The number of carboxylic acids is 1. The van der Waals surface area contributed by atoms with Crippen LogP contribution < -0.4 is 5.73 Å². The molecule has 0 unspecified atom stereocenters. The first-order valence-electron chi connectivity index (χ1n) is 4.72. The highest BCUT2D eigenvalue weighted by Gasteiger charge is 2.25. The summed E-state index contributed by atoms with van der Waals surface area (Å²) >= 11 is 0. The molecule has 0 aromatic heterocycles. The Morgan fingerprint density at radius 1 is 1.57 bits per heavy atom. The monoisotopic (exact) mass is 191 g/mol. The Bertz CT molecular complexity index is 399. The number of benzene rings is 1. The van der Waals surface area contributed by atoms with Crippen LogP contribution in [0, 0.1) is 6.92 Å². The molecule has 1 aliphatic carbocycles. The van der Waals surface area contributed by atoms with E-state index in [-0.39, 0.29) is 6.04 Å². The van der Waals surface area contributed by atoms with Crippen LogP contribution in [0.4, 0.5) is 0 Å². The molecule has 0 amide bonds. The van der Waals surface area contributed by atoms with Crippen molar-refractivity contribution in [3.8, 4) is 0 Å². The van der Waals surface area contributed by atoms with E-state index in [1.807, 2.05) is 13.0 Å². The minimum Gasteiger partial charge on any atom is -0.478 e. The molecule has 0 bridgehead atoms. The van der Waals surface area contributed by atoms with E-state index in [1.54, 1.807) is 6.07 Å². The maximum absolute atomic E-state index is 10.9. The third-order valence-corrected chi connectivity index (χ3v) is 2.88. The second-order valence-corrected chi connectivity index (χ2v) is 3.77. The Kier molecular flexibility index (Phi) is 2.04. The molecule has 2 rings (SSSR count). The first-order chi connectivity index (χ1) is 6.61. The molecule has 0 saturated heterocycles. The first kappa shape index (κ1) is 9.21. The Morgan fingerprint density at radius 3 is 2.93 bits per heavy atom. The van der Waals surface area contributed by atoms with Gasteiger partial charge in [-0.15, -0.1) is 0 Å². The third-order valence-electron chi connectivity index (χ3n) is 2.88. The lowest BCUT2D eigenvalue weighted by atomic mass is 9.98. The topological polar surface area (TPSA) is 63.3 Å². The molecule has 0 heterocycles. The number of aryl methyl sites for hydroxylation is 1. The fourth-order valence-corrected chi connectivity index (χ4v) is 2.21. The molecule has 3 N–H and O–H groups in total. The second kappa shape index (κ2) is 3.10. The fraction of sp³-hybridized carbons (Fsp3) is 0.364. The van der Waals surface area contributed by atoms with Gasteiger partial charge in [0.15, 0.2) is 0 Å². The van der Waals surface area contributed by atoms with Crippen LogP contribution in [0.5, 0.6) is 0 Å². The fourth-order valence-electron chi connectivity index (χ4n) is 2.21. The van der Waals surface area contributed by atoms with Crippen molar-refractivity contribution in [1.29, 1.82) is 0 Å². The predicted molar refractivity (Wildman–Crippen MR) is 53.4 cm³/mol. The van der Waals surface area contributed by atoms with E-state index in [0.717, 1.165) is 29.5 Å². The van der Waals surface area contributed by atoms with E-state index < -0.39 is 5.97 Å². The minimum atomic E-state index is -0.852. The normalized spacial score (nSPS) is 19.4. The molecule has 1 aliphatic rings. The van der Waals surface area contributed by atoms with Gasteiger partial charge in [0.25, 0.3) is 0 Å². The zero-order valence-electron chi connectivity index (χ0n) is 8.08. The van der Waals surface area contributed by atoms with Gasteiger partial charge >= 0.3 is 5.97 Å². The lowest BCUT2D eigenvalue weighted by molar-refractivity contribution is 0.0696. The van der Waals surface area contributed by atoms with Crippen LogP contribution in [0.1, 0.15) is 39.5 Å². The molecule has 3 heteroatoms. The van der Waals surface area contributed by atoms with Gasteiger partial charge in [-0.05, 0) is 42.5 Å².